The Hall–Kier alpha value is -2.22. The standard InChI is InChI=1S/C21H27N3O4S/c1-2-12-23(16-11-13-29(27,28)14-16)20(25)10-9-19-22-18-6-4-3-5-17(18)21(26)24(19)15-7-8-15/h3-6,15-16H,2,7-14H2,1H3. The van der Waals surface area contributed by atoms with E-state index in [-0.39, 0.29) is 41.5 Å². The Kier molecular flexibility index (Phi) is 5.46. The maximum absolute atomic E-state index is 13.0. The van der Waals surface area contributed by atoms with E-state index in [1.54, 1.807) is 15.5 Å². The highest BCUT2D eigenvalue weighted by molar-refractivity contribution is 7.91. The molecule has 1 aliphatic carbocycles. The molecule has 1 amide bonds. The average molecular weight is 418 g/mol. The second-order valence-electron chi connectivity index (χ2n) is 8.10. The minimum atomic E-state index is -3.05. The van der Waals surface area contributed by atoms with E-state index in [2.05, 4.69) is 0 Å². The van der Waals surface area contributed by atoms with Gasteiger partial charge in [0.25, 0.3) is 5.56 Å². The Morgan fingerprint density at radius 3 is 2.66 bits per heavy atom. The lowest BCUT2D eigenvalue weighted by atomic mass is 10.1. The Morgan fingerprint density at radius 2 is 2.00 bits per heavy atom. The Balaban J connectivity index is 1.56. The first-order valence-corrected chi connectivity index (χ1v) is 12.2. The minimum absolute atomic E-state index is 0.0344. The van der Waals surface area contributed by atoms with Crippen molar-refractivity contribution in [1.82, 2.24) is 14.5 Å². The number of hydrogen-bond acceptors (Lipinski definition) is 5. The molecule has 0 bridgehead atoms. The van der Waals surface area contributed by atoms with E-state index in [9.17, 15) is 18.0 Å². The zero-order chi connectivity index (χ0) is 20.6. The van der Waals surface area contributed by atoms with Crippen LogP contribution in [0.5, 0.6) is 0 Å². The molecule has 7 nitrogen and oxygen atoms in total. The lowest BCUT2D eigenvalue weighted by molar-refractivity contribution is -0.133. The molecule has 1 aromatic carbocycles. The van der Waals surface area contributed by atoms with E-state index in [0.29, 0.717) is 36.1 Å². The van der Waals surface area contributed by atoms with Gasteiger partial charge in [0, 0.05) is 31.5 Å². The third-order valence-electron chi connectivity index (χ3n) is 5.79. The number of fused-ring (bicyclic) bond motifs is 1. The summed E-state index contributed by atoms with van der Waals surface area (Å²) in [6.45, 7) is 2.54. The molecule has 29 heavy (non-hydrogen) atoms. The van der Waals surface area contributed by atoms with Gasteiger partial charge in [0.15, 0.2) is 9.84 Å². The summed E-state index contributed by atoms with van der Waals surface area (Å²) >= 11 is 0. The molecular weight excluding hydrogens is 390 g/mol. The maximum atomic E-state index is 13.0. The van der Waals surface area contributed by atoms with Crippen LogP contribution in [-0.4, -0.2) is 52.9 Å². The summed E-state index contributed by atoms with van der Waals surface area (Å²) in [4.78, 5) is 32.3. The minimum Gasteiger partial charge on any atom is -0.339 e. The van der Waals surface area contributed by atoms with Crippen LogP contribution in [-0.2, 0) is 21.1 Å². The molecule has 1 saturated carbocycles. The lowest BCUT2D eigenvalue weighted by Gasteiger charge is -2.28. The van der Waals surface area contributed by atoms with Gasteiger partial charge in [-0.1, -0.05) is 19.1 Å². The Labute approximate surface area is 170 Å². The van der Waals surface area contributed by atoms with Crippen LogP contribution in [0.2, 0.25) is 0 Å². The number of carbonyl (C=O) groups excluding carboxylic acids is 1. The van der Waals surface area contributed by atoms with E-state index >= 15 is 0 Å². The Morgan fingerprint density at radius 1 is 1.24 bits per heavy atom. The van der Waals surface area contributed by atoms with Gasteiger partial charge in [-0.3, -0.25) is 14.2 Å². The highest BCUT2D eigenvalue weighted by Gasteiger charge is 2.34. The number of carbonyl (C=O) groups is 1. The van der Waals surface area contributed by atoms with Gasteiger partial charge in [0.1, 0.15) is 5.82 Å². The molecule has 1 saturated heterocycles. The first kappa shape index (κ1) is 20.1. The SMILES string of the molecule is CCCN(C(=O)CCc1nc2ccccc2c(=O)n1C1CC1)C1CCS(=O)(=O)C1. The summed E-state index contributed by atoms with van der Waals surface area (Å²) in [5.74, 6) is 0.803. The molecule has 2 aromatic rings. The molecule has 2 fully saturated rings. The number of rotatable bonds is 7. The van der Waals surface area contributed by atoms with E-state index in [4.69, 9.17) is 4.98 Å². The van der Waals surface area contributed by atoms with Crippen molar-refractivity contribution in [2.24, 2.45) is 0 Å². The first-order valence-electron chi connectivity index (χ1n) is 10.4. The number of aromatic nitrogens is 2. The van der Waals surface area contributed by atoms with Gasteiger partial charge in [0.2, 0.25) is 5.91 Å². The van der Waals surface area contributed by atoms with Crippen molar-refractivity contribution in [2.75, 3.05) is 18.1 Å². The number of benzene rings is 1. The summed E-state index contributed by atoms with van der Waals surface area (Å²) in [7, 11) is -3.05. The zero-order valence-electron chi connectivity index (χ0n) is 16.7. The molecule has 0 spiro atoms. The quantitative estimate of drug-likeness (QED) is 0.688. The monoisotopic (exact) mass is 417 g/mol. The number of nitrogens with zero attached hydrogens (tertiary/aromatic N) is 3. The second-order valence-corrected chi connectivity index (χ2v) is 10.3. The second kappa shape index (κ2) is 7.89. The molecule has 8 heteroatoms. The van der Waals surface area contributed by atoms with Crippen molar-refractivity contribution in [3.8, 4) is 0 Å². The zero-order valence-corrected chi connectivity index (χ0v) is 17.5. The molecule has 1 atom stereocenters. The molecule has 2 aliphatic rings. The van der Waals surface area contributed by atoms with Gasteiger partial charge in [-0.05, 0) is 37.8 Å². The van der Waals surface area contributed by atoms with Crippen molar-refractivity contribution in [3.63, 3.8) is 0 Å². The molecule has 0 radical (unpaired) electrons. The van der Waals surface area contributed by atoms with Gasteiger partial charge in [-0.2, -0.15) is 0 Å². The molecule has 1 aromatic heterocycles. The number of aryl methyl sites for hydroxylation is 1. The van der Waals surface area contributed by atoms with Crippen LogP contribution >= 0.6 is 0 Å². The Bertz CT molecular complexity index is 1090. The maximum Gasteiger partial charge on any atom is 0.261 e. The normalized spacial score (nSPS) is 20.8. The van der Waals surface area contributed by atoms with E-state index in [1.165, 1.54) is 0 Å². The van der Waals surface area contributed by atoms with Crippen molar-refractivity contribution >= 4 is 26.6 Å². The fraction of sp³-hybridized carbons (Fsp3) is 0.571. The summed E-state index contributed by atoms with van der Waals surface area (Å²) < 4.78 is 25.5. The van der Waals surface area contributed by atoms with Crippen LogP contribution in [0, 0.1) is 0 Å². The van der Waals surface area contributed by atoms with Crippen LogP contribution in [0.3, 0.4) is 0 Å². The number of hydrogen-bond donors (Lipinski definition) is 0. The van der Waals surface area contributed by atoms with Gasteiger partial charge < -0.3 is 4.90 Å². The lowest BCUT2D eigenvalue weighted by Crippen LogP contribution is -2.42. The molecule has 0 N–H and O–H groups in total. The average Bonchev–Trinajstić information content (AvgIpc) is 3.46. The number of para-hydroxylation sites is 1. The van der Waals surface area contributed by atoms with E-state index in [1.807, 2.05) is 25.1 Å². The van der Waals surface area contributed by atoms with Crippen molar-refractivity contribution in [1.29, 1.82) is 0 Å². The number of amides is 1. The molecular formula is C21H27N3O4S. The topological polar surface area (TPSA) is 89.3 Å². The fourth-order valence-electron chi connectivity index (χ4n) is 4.21. The third kappa shape index (κ3) is 4.22. The predicted molar refractivity (Wildman–Crippen MR) is 112 cm³/mol. The fourth-order valence-corrected chi connectivity index (χ4v) is 5.94. The van der Waals surface area contributed by atoms with Gasteiger partial charge in [-0.25, -0.2) is 13.4 Å². The summed E-state index contributed by atoms with van der Waals surface area (Å²) in [5, 5.41) is 0.609. The van der Waals surface area contributed by atoms with Gasteiger partial charge in [-0.15, -0.1) is 0 Å². The van der Waals surface area contributed by atoms with E-state index < -0.39 is 9.84 Å². The molecule has 1 aliphatic heterocycles. The molecule has 1 unspecified atom stereocenters. The predicted octanol–water partition coefficient (Wildman–Crippen LogP) is 2.09. The van der Waals surface area contributed by atoms with Crippen LogP contribution in [0.25, 0.3) is 10.9 Å². The highest BCUT2D eigenvalue weighted by Crippen LogP contribution is 2.35. The first-order chi connectivity index (χ1) is 13.9. The summed E-state index contributed by atoms with van der Waals surface area (Å²) in [6, 6.07) is 7.26. The van der Waals surface area contributed by atoms with Gasteiger partial charge >= 0.3 is 0 Å². The van der Waals surface area contributed by atoms with Gasteiger partial charge in [0.05, 0.1) is 22.4 Å². The van der Waals surface area contributed by atoms with Crippen LogP contribution in [0.4, 0.5) is 0 Å². The van der Waals surface area contributed by atoms with E-state index in [0.717, 1.165) is 19.3 Å². The molecule has 2 heterocycles. The number of sulfone groups is 1. The van der Waals surface area contributed by atoms with Crippen molar-refractivity contribution < 1.29 is 13.2 Å². The summed E-state index contributed by atoms with van der Waals surface area (Å²) in [5.41, 5.74) is 0.622. The van der Waals surface area contributed by atoms with Crippen molar-refractivity contribution in [3.05, 3.63) is 40.4 Å². The summed E-state index contributed by atoms with van der Waals surface area (Å²) in [6.07, 6.45) is 3.83. The highest BCUT2D eigenvalue weighted by atomic mass is 32.2. The molecule has 4 rings (SSSR count). The molecule has 156 valence electrons. The largest absolute Gasteiger partial charge is 0.339 e. The smallest absolute Gasteiger partial charge is 0.261 e. The van der Waals surface area contributed by atoms with Crippen molar-refractivity contribution in [2.45, 2.75) is 57.5 Å². The third-order valence-corrected chi connectivity index (χ3v) is 7.54. The van der Waals surface area contributed by atoms with Crippen LogP contribution < -0.4 is 5.56 Å². The van der Waals surface area contributed by atoms with Crippen LogP contribution in [0.15, 0.2) is 29.1 Å². The van der Waals surface area contributed by atoms with Crippen LogP contribution in [0.1, 0.15) is 50.9 Å².